The Morgan fingerprint density at radius 2 is 1.70 bits per heavy atom. The van der Waals surface area contributed by atoms with E-state index in [1.807, 2.05) is 64.1 Å². The number of ketones is 1. The molecule has 2 aromatic carbocycles. The molecule has 0 saturated heterocycles. The molecule has 20 heavy (non-hydrogen) atoms. The van der Waals surface area contributed by atoms with E-state index in [2.05, 4.69) is 0 Å². The predicted octanol–water partition coefficient (Wildman–Crippen LogP) is 4.24. The number of benzene rings is 2. The Kier molecular flexibility index (Phi) is 4.23. The van der Waals surface area contributed by atoms with Crippen molar-refractivity contribution in [3.63, 3.8) is 0 Å². The minimum atomic E-state index is 0.0350. The van der Waals surface area contributed by atoms with Crippen LogP contribution in [0.4, 0.5) is 0 Å². The van der Waals surface area contributed by atoms with Crippen molar-refractivity contribution in [3.05, 3.63) is 64.2 Å². The lowest BCUT2D eigenvalue weighted by Crippen LogP contribution is -2.09. The first-order valence-corrected chi connectivity index (χ1v) is 6.89. The Balaban J connectivity index is 2.56. The van der Waals surface area contributed by atoms with Crippen LogP contribution in [0, 0.1) is 20.8 Å². The van der Waals surface area contributed by atoms with Crippen LogP contribution < -0.4 is 4.74 Å². The maximum Gasteiger partial charge on any atom is 0.197 e. The lowest BCUT2D eigenvalue weighted by atomic mass is 9.94. The number of hydrogen-bond acceptors (Lipinski definition) is 2. The summed E-state index contributed by atoms with van der Waals surface area (Å²) in [7, 11) is 0. The highest BCUT2D eigenvalue weighted by Gasteiger charge is 2.18. The molecule has 0 atom stereocenters. The van der Waals surface area contributed by atoms with Gasteiger partial charge < -0.3 is 4.74 Å². The molecule has 2 heteroatoms. The van der Waals surface area contributed by atoms with E-state index in [4.69, 9.17) is 4.74 Å². The van der Waals surface area contributed by atoms with E-state index in [0.29, 0.717) is 17.9 Å². The summed E-state index contributed by atoms with van der Waals surface area (Å²) >= 11 is 0. The van der Waals surface area contributed by atoms with Crippen molar-refractivity contribution in [2.24, 2.45) is 0 Å². The molecule has 0 aromatic heterocycles. The third-order valence-corrected chi connectivity index (χ3v) is 3.39. The molecule has 0 heterocycles. The molecule has 2 aromatic rings. The molecule has 2 rings (SSSR count). The van der Waals surface area contributed by atoms with Crippen LogP contribution in [0.3, 0.4) is 0 Å². The Morgan fingerprint density at radius 1 is 1.05 bits per heavy atom. The normalized spacial score (nSPS) is 10.4. The molecule has 0 aliphatic heterocycles. The van der Waals surface area contributed by atoms with Gasteiger partial charge in [0.2, 0.25) is 0 Å². The molecule has 0 aliphatic carbocycles. The zero-order valence-electron chi connectivity index (χ0n) is 12.5. The Labute approximate surface area is 120 Å². The Bertz CT molecular complexity index is 622. The van der Waals surface area contributed by atoms with E-state index in [9.17, 15) is 4.79 Å². The third kappa shape index (κ3) is 2.74. The van der Waals surface area contributed by atoms with Crippen molar-refractivity contribution in [1.29, 1.82) is 0 Å². The van der Waals surface area contributed by atoms with E-state index >= 15 is 0 Å². The summed E-state index contributed by atoms with van der Waals surface area (Å²) < 4.78 is 5.59. The highest BCUT2D eigenvalue weighted by atomic mass is 16.5. The van der Waals surface area contributed by atoms with E-state index in [1.165, 1.54) is 0 Å². The number of carbonyl (C=O) groups excluding carboxylic acids is 1. The third-order valence-electron chi connectivity index (χ3n) is 3.39. The van der Waals surface area contributed by atoms with Crippen LogP contribution >= 0.6 is 0 Å². The van der Waals surface area contributed by atoms with Gasteiger partial charge in [0.15, 0.2) is 5.78 Å². The van der Waals surface area contributed by atoms with Crippen molar-refractivity contribution >= 4 is 5.78 Å². The molecule has 0 radical (unpaired) electrons. The van der Waals surface area contributed by atoms with E-state index in [-0.39, 0.29) is 5.78 Å². The zero-order chi connectivity index (χ0) is 14.7. The summed E-state index contributed by atoms with van der Waals surface area (Å²) in [5.41, 5.74) is 4.48. The van der Waals surface area contributed by atoms with Gasteiger partial charge in [-0.25, -0.2) is 0 Å². The van der Waals surface area contributed by atoms with Crippen LogP contribution in [0.25, 0.3) is 0 Å². The highest BCUT2D eigenvalue weighted by Crippen LogP contribution is 2.26. The second-order valence-corrected chi connectivity index (χ2v) is 5.03. The van der Waals surface area contributed by atoms with Crippen LogP contribution in [0.2, 0.25) is 0 Å². The van der Waals surface area contributed by atoms with Crippen molar-refractivity contribution in [3.8, 4) is 5.75 Å². The molecule has 0 N–H and O–H groups in total. The molecule has 0 fully saturated rings. The minimum absolute atomic E-state index is 0.0350. The fourth-order valence-electron chi connectivity index (χ4n) is 2.41. The molecule has 2 nitrogen and oxygen atoms in total. The van der Waals surface area contributed by atoms with E-state index < -0.39 is 0 Å². The van der Waals surface area contributed by atoms with Gasteiger partial charge in [0.25, 0.3) is 0 Å². The average Bonchev–Trinajstić information content (AvgIpc) is 2.40. The Hall–Kier alpha value is -2.09. The molecule has 0 unspecified atom stereocenters. The fraction of sp³-hybridized carbons (Fsp3) is 0.278. The van der Waals surface area contributed by atoms with Crippen LogP contribution in [0.5, 0.6) is 5.75 Å². The van der Waals surface area contributed by atoms with Crippen molar-refractivity contribution < 1.29 is 9.53 Å². The first-order valence-electron chi connectivity index (χ1n) is 6.89. The maximum atomic E-state index is 12.9. The monoisotopic (exact) mass is 268 g/mol. The van der Waals surface area contributed by atoms with Gasteiger partial charge in [0, 0.05) is 5.56 Å². The average molecular weight is 268 g/mol. The first-order chi connectivity index (χ1) is 9.54. The van der Waals surface area contributed by atoms with Crippen LogP contribution in [-0.2, 0) is 0 Å². The van der Waals surface area contributed by atoms with Gasteiger partial charge in [-0.15, -0.1) is 0 Å². The number of rotatable bonds is 4. The predicted molar refractivity (Wildman–Crippen MR) is 81.7 cm³/mol. The SMILES string of the molecule is CCOc1ccc(C)cc1C(=O)c1c(C)cccc1C. The van der Waals surface area contributed by atoms with E-state index in [1.54, 1.807) is 0 Å². The van der Waals surface area contributed by atoms with Gasteiger partial charge in [-0.2, -0.15) is 0 Å². The smallest absolute Gasteiger partial charge is 0.197 e. The first kappa shape index (κ1) is 14.3. The van der Waals surface area contributed by atoms with Gasteiger partial charge in [-0.05, 0) is 51.0 Å². The van der Waals surface area contributed by atoms with Crippen LogP contribution in [0.1, 0.15) is 39.5 Å². The van der Waals surface area contributed by atoms with Gasteiger partial charge in [-0.1, -0.05) is 29.8 Å². The maximum absolute atomic E-state index is 12.9. The van der Waals surface area contributed by atoms with Crippen molar-refractivity contribution in [2.75, 3.05) is 6.61 Å². The number of aryl methyl sites for hydroxylation is 3. The van der Waals surface area contributed by atoms with Gasteiger partial charge in [-0.3, -0.25) is 4.79 Å². The quantitative estimate of drug-likeness (QED) is 0.775. The lowest BCUT2D eigenvalue weighted by molar-refractivity contribution is 0.103. The molecule has 0 aliphatic rings. The fourth-order valence-corrected chi connectivity index (χ4v) is 2.41. The van der Waals surface area contributed by atoms with Crippen LogP contribution in [-0.4, -0.2) is 12.4 Å². The van der Waals surface area contributed by atoms with Gasteiger partial charge >= 0.3 is 0 Å². The summed E-state index contributed by atoms with van der Waals surface area (Å²) in [6, 6.07) is 11.7. The Morgan fingerprint density at radius 3 is 2.30 bits per heavy atom. The standard InChI is InChI=1S/C18H20O2/c1-5-20-16-10-9-12(2)11-15(16)18(19)17-13(3)7-6-8-14(17)4/h6-11H,5H2,1-4H3. The molecule has 104 valence electrons. The summed E-state index contributed by atoms with van der Waals surface area (Å²) in [4.78, 5) is 12.9. The number of carbonyl (C=O) groups is 1. The van der Waals surface area contributed by atoms with E-state index in [0.717, 1.165) is 22.3 Å². The number of ether oxygens (including phenoxy) is 1. The number of hydrogen-bond donors (Lipinski definition) is 0. The molecule has 0 bridgehead atoms. The lowest BCUT2D eigenvalue weighted by Gasteiger charge is -2.13. The largest absolute Gasteiger partial charge is 0.493 e. The molecule has 0 saturated carbocycles. The van der Waals surface area contributed by atoms with Gasteiger partial charge in [0.1, 0.15) is 5.75 Å². The molecular formula is C18H20O2. The van der Waals surface area contributed by atoms with Crippen LogP contribution in [0.15, 0.2) is 36.4 Å². The minimum Gasteiger partial charge on any atom is -0.493 e. The van der Waals surface area contributed by atoms with Crippen molar-refractivity contribution in [1.82, 2.24) is 0 Å². The molecule has 0 spiro atoms. The summed E-state index contributed by atoms with van der Waals surface area (Å²) in [5, 5.41) is 0. The van der Waals surface area contributed by atoms with Gasteiger partial charge in [0.05, 0.1) is 12.2 Å². The topological polar surface area (TPSA) is 26.3 Å². The summed E-state index contributed by atoms with van der Waals surface area (Å²) in [6.45, 7) is 8.40. The highest BCUT2D eigenvalue weighted by molar-refractivity contribution is 6.12. The molecule has 0 amide bonds. The van der Waals surface area contributed by atoms with Crippen molar-refractivity contribution in [2.45, 2.75) is 27.7 Å². The second-order valence-electron chi connectivity index (χ2n) is 5.03. The molecular weight excluding hydrogens is 248 g/mol. The second kappa shape index (κ2) is 5.91. The summed E-state index contributed by atoms with van der Waals surface area (Å²) in [6.07, 6.45) is 0. The zero-order valence-corrected chi connectivity index (χ0v) is 12.5. The summed E-state index contributed by atoms with van der Waals surface area (Å²) in [5.74, 6) is 0.693.